The van der Waals surface area contributed by atoms with E-state index in [0.29, 0.717) is 23.1 Å². The second-order valence-corrected chi connectivity index (χ2v) is 10.5. The highest BCUT2D eigenvalue weighted by Crippen LogP contribution is 2.40. The van der Waals surface area contributed by atoms with Crippen molar-refractivity contribution in [2.24, 2.45) is 0 Å². The van der Waals surface area contributed by atoms with Crippen molar-refractivity contribution in [1.82, 2.24) is 9.29 Å². The third-order valence-corrected chi connectivity index (χ3v) is 7.96. The molecule has 168 valence electrons. The summed E-state index contributed by atoms with van der Waals surface area (Å²) in [6.07, 6.45) is 1.49. The highest BCUT2D eigenvalue weighted by molar-refractivity contribution is 7.89. The number of aromatic nitrogens is 1. The molecule has 5 rings (SSSR count). The van der Waals surface area contributed by atoms with Crippen LogP contribution in [-0.4, -0.2) is 30.7 Å². The molecule has 0 fully saturated rings. The molecular formula is C23H19N3O5S2. The van der Waals surface area contributed by atoms with E-state index in [-0.39, 0.29) is 17.3 Å². The minimum Gasteiger partial charge on any atom is -0.487 e. The van der Waals surface area contributed by atoms with Crippen molar-refractivity contribution in [2.75, 3.05) is 12.4 Å². The number of sulfonamides is 1. The van der Waals surface area contributed by atoms with Gasteiger partial charge in [-0.2, -0.15) is 4.31 Å². The maximum Gasteiger partial charge on any atom is 0.257 e. The van der Waals surface area contributed by atoms with E-state index in [1.165, 1.54) is 53.2 Å². The number of nitrogens with zero attached hydrogens (tertiary/aromatic N) is 2. The quantitative estimate of drug-likeness (QED) is 0.439. The zero-order valence-electron chi connectivity index (χ0n) is 17.5. The molecule has 0 aliphatic carbocycles. The van der Waals surface area contributed by atoms with E-state index < -0.39 is 10.0 Å². The van der Waals surface area contributed by atoms with Crippen LogP contribution in [0.4, 0.5) is 5.13 Å². The average molecular weight is 482 g/mol. The van der Waals surface area contributed by atoms with Gasteiger partial charge < -0.3 is 9.15 Å². The molecule has 10 heteroatoms. The Morgan fingerprint density at radius 3 is 2.67 bits per heavy atom. The Hall–Kier alpha value is -3.47. The summed E-state index contributed by atoms with van der Waals surface area (Å²) in [7, 11) is -2.25. The van der Waals surface area contributed by atoms with Gasteiger partial charge in [0.25, 0.3) is 5.91 Å². The van der Waals surface area contributed by atoms with Gasteiger partial charge in [0.15, 0.2) is 5.13 Å². The summed E-state index contributed by atoms with van der Waals surface area (Å²) < 4.78 is 37.8. The zero-order chi connectivity index (χ0) is 23.0. The van der Waals surface area contributed by atoms with Crippen molar-refractivity contribution in [3.8, 4) is 17.0 Å². The van der Waals surface area contributed by atoms with E-state index in [0.717, 1.165) is 21.9 Å². The van der Waals surface area contributed by atoms with Crippen LogP contribution in [0, 0.1) is 0 Å². The monoisotopic (exact) mass is 481 g/mol. The number of benzene rings is 2. The summed E-state index contributed by atoms with van der Waals surface area (Å²) >= 11 is 1.36. The molecule has 2 aromatic carbocycles. The minimum atomic E-state index is -3.73. The molecule has 0 spiro atoms. The van der Waals surface area contributed by atoms with Crippen LogP contribution in [0.15, 0.2) is 76.2 Å². The van der Waals surface area contributed by atoms with Gasteiger partial charge in [0.05, 0.1) is 28.3 Å². The number of fused-ring (bicyclic) bond motifs is 3. The summed E-state index contributed by atoms with van der Waals surface area (Å²) in [6, 6.07) is 16.8. The topological polar surface area (TPSA) is 102 Å². The first-order valence-corrected chi connectivity index (χ1v) is 12.3. The number of carbonyl (C=O) groups is 1. The van der Waals surface area contributed by atoms with Crippen LogP contribution in [0.25, 0.3) is 11.3 Å². The lowest BCUT2D eigenvalue weighted by Crippen LogP contribution is -2.26. The van der Waals surface area contributed by atoms with Gasteiger partial charge in [0, 0.05) is 18.2 Å². The highest BCUT2D eigenvalue weighted by atomic mass is 32.2. The summed E-state index contributed by atoms with van der Waals surface area (Å²) in [5, 5.41) is 3.26. The van der Waals surface area contributed by atoms with Crippen LogP contribution < -0.4 is 10.1 Å². The predicted octanol–water partition coefficient (Wildman–Crippen LogP) is 4.37. The number of para-hydroxylation sites is 1. The number of carbonyl (C=O) groups excluding carboxylic acids is 1. The molecule has 3 heterocycles. The van der Waals surface area contributed by atoms with Crippen LogP contribution in [0.1, 0.15) is 21.0 Å². The normalized spacial score (nSPS) is 12.7. The fraction of sp³-hybridized carbons (Fsp3) is 0.130. The van der Waals surface area contributed by atoms with Crippen molar-refractivity contribution in [2.45, 2.75) is 18.0 Å². The summed E-state index contributed by atoms with van der Waals surface area (Å²) in [6.45, 7) is 0.511. The number of rotatable bonds is 6. The molecule has 1 N–H and O–H groups in total. The van der Waals surface area contributed by atoms with Crippen molar-refractivity contribution in [3.05, 3.63) is 83.1 Å². The molecule has 0 atom stereocenters. The van der Waals surface area contributed by atoms with Crippen molar-refractivity contribution >= 4 is 32.4 Å². The van der Waals surface area contributed by atoms with Gasteiger partial charge in [-0.05, 0) is 48.5 Å². The van der Waals surface area contributed by atoms with Gasteiger partial charge in [-0.1, -0.05) is 23.5 Å². The Balaban J connectivity index is 1.30. The molecule has 1 aliphatic rings. The summed E-state index contributed by atoms with van der Waals surface area (Å²) in [4.78, 5) is 18.3. The van der Waals surface area contributed by atoms with Crippen LogP contribution >= 0.6 is 11.3 Å². The number of hydrogen-bond donors (Lipinski definition) is 1. The number of furan rings is 1. The molecule has 0 radical (unpaired) electrons. The Bertz CT molecular complexity index is 1410. The van der Waals surface area contributed by atoms with Gasteiger partial charge >= 0.3 is 0 Å². The maximum atomic E-state index is 12.8. The molecule has 1 aliphatic heterocycles. The minimum absolute atomic E-state index is 0.0894. The molecule has 2 aromatic heterocycles. The van der Waals surface area contributed by atoms with E-state index in [1.807, 2.05) is 24.3 Å². The molecule has 1 amide bonds. The standard InChI is InChI=1S/C23H19N3O5S2/c1-26(13-16-5-4-12-30-16)33(28,29)17-10-8-15(9-11-17)22(27)25-23-24-21-18-6-2-3-7-19(18)31-14-20(21)32-23/h2-12H,13-14H2,1H3,(H,24,25,27). The Morgan fingerprint density at radius 1 is 1.12 bits per heavy atom. The van der Waals surface area contributed by atoms with Crippen LogP contribution in [0.3, 0.4) is 0 Å². The van der Waals surface area contributed by atoms with E-state index in [1.54, 1.807) is 12.1 Å². The van der Waals surface area contributed by atoms with Crippen molar-refractivity contribution in [1.29, 1.82) is 0 Å². The number of amides is 1. The van der Waals surface area contributed by atoms with Crippen LogP contribution in [-0.2, 0) is 23.2 Å². The maximum absolute atomic E-state index is 12.8. The molecule has 0 saturated heterocycles. The number of ether oxygens (including phenoxy) is 1. The van der Waals surface area contributed by atoms with Gasteiger partial charge in [-0.15, -0.1) is 0 Å². The lowest BCUT2D eigenvalue weighted by Gasteiger charge is -2.16. The van der Waals surface area contributed by atoms with Gasteiger partial charge in [0.1, 0.15) is 18.1 Å². The lowest BCUT2D eigenvalue weighted by atomic mass is 10.1. The first kappa shape index (κ1) is 21.4. The summed E-state index contributed by atoms with van der Waals surface area (Å²) in [5.74, 6) is 0.932. The zero-order valence-corrected chi connectivity index (χ0v) is 19.2. The fourth-order valence-electron chi connectivity index (χ4n) is 3.48. The average Bonchev–Trinajstić information content (AvgIpc) is 3.48. The number of hydrogen-bond acceptors (Lipinski definition) is 7. The van der Waals surface area contributed by atoms with E-state index in [9.17, 15) is 13.2 Å². The smallest absolute Gasteiger partial charge is 0.257 e. The number of thiazole rings is 1. The number of nitrogens with one attached hydrogen (secondary N) is 1. The first-order chi connectivity index (χ1) is 15.9. The molecular weight excluding hydrogens is 462 g/mol. The molecule has 0 saturated carbocycles. The molecule has 33 heavy (non-hydrogen) atoms. The summed E-state index contributed by atoms with van der Waals surface area (Å²) in [5.41, 5.74) is 2.02. The van der Waals surface area contributed by atoms with Crippen LogP contribution in [0.2, 0.25) is 0 Å². The second-order valence-electron chi connectivity index (χ2n) is 7.39. The number of anilines is 1. The highest BCUT2D eigenvalue weighted by Gasteiger charge is 2.24. The van der Waals surface area contributed by atoms with Gasteiger partial charge in [-0.3, -0.25) is 10.1 Å². The van der Waals surface area contributed by atoms with Crippen molar-refractivity contribution in [3.63, 3.8) is 0 Å². The van der Waals surface area contributed by atoms with Gasteiger partial charge in [-0.25, -0.2) is 13.4 Å². The molecule has 0 bridgehead atoms. The first-order valence-electron chi connectivity index (χ1n) is 10.0. The Labute approximate surface area is 194 Å². The SMILES string of the molecule is CN(Cc1ccco1)S(=O)(=O)c1ccc(C(=O)Nc2nc3c(s2)COc2ccccc2-3)cc1. The third-order valence-electron chi connectivity index (χ3n) is 5.20. The Kier molecular flexibility index (Phi) is 5.49. The molecule has 4 aromatic rings. The van der Waals surface area contributed by atoms with E-state index in [4.69, 9.17) is 9.15 Å². The van der Waals surface area contributed by atoms with Gasteiger partial charge in [0.2, 0.25) is 10.0 Å². The van der Waals surface area contributed by atoms with E-state index in [2.05, 4.69) is 10.3 Å². The van der Waals surface area contributed by atoms with Crippen LogP contribution in [0.5, 0.6) is 5.75 Å². The van der Waals surface area contributed by atoms with Crippen molar-refractivity contribution < 1.29 is 22.4 Å². The Morgan fingerprint density at radius 2 is 1.91 bits per heavy atom. The largest absolute Gasteiger partial charge is 0.487 e. The molecule has 8 nitrogen and oxygen atoms in total. The fourth-order valence-corrected chi connectivity index (χ4v) is 5.50. The predicted molar refractivity (Wildman–Crippen MR) is 124 cm³/mol. The van der Waals surface area contributed by atoms with E-state index >= 15 is 0 Å². The second kappa shape index (κ2) is 8.47. The third kappa shape index (κ3) is 4.15. The lowest BCUT2D eigenvalue weighted by molar-refractivity contribution is 0.102. The molecule has 0 unspecified atom stereocenters.